The van der Waals surface area contributed by atoms with Crippen LogP contribution < -0.4 is 9.47 Å². The molecular weight excluding hydrogens is 252 g/mol. The minimum atomic E-state index is 0.144. The van der Waals surface area contributed by atoms with Crippen LogP contribution in [0.3, 0.4) is 0 Å². The van der Waals surface area contributed by atoms with E-state index in [1.165, 1.54) is 0 Å². The van der Waals surface area contributed by atoms with E-state index < -0.39 is 0 Å². The lowest BCUT2D eigenvalue weighted by molar-refractivity contribution is -0.108. The number of aldehydes is 1. The van der Waals surface area contributed by atoms with Crippen LogP contribution in [-0.2, 0) is 11.2 Å². The van der Waals surface area contributed by atoms with Gasteiger partial charge in [-0.05, 0) is 29.5 Å². The van der Waals surface area contributed by atoms with Gasteiger partial charge in [0.1, 0.15) is 19.5 Å². The van der Waals surface area contributed by atoms with Crippen molar-refractivity contribution in [3.05, 3.63) is 22.2 Å². The molecule has 1 aromatic carbocycles. The maximum atomic E-state index is 10.7. The highest BCUT2D eigenvalue weighted by Crippen LogP contribution is 2.43. The Hall–Kier alpha value is -1.22. The molecule has 0 saturated carbocycles. The molecule has 1 aromatic rings. The molecule has 98 valence electrons. The quantitative estimate of drug-likeness (QED) is 0.786. The van der Waals surface area contributed by atoms with Crippen molar-refractivity contribution in [2.24, 2.45) is 0 Å². The SMILES string of the molecule is CCc1c(C(C)CC=O)cc2c(c1Cl)OCCO2. The average molecular weight is 269 g/mol. The van der Waals surface area contributed by atoms with Gasteiger partial charge in [0.25, 0.3) is 0 Å². The molecule has 0 amide bonds. The number of ether oxygens (including phenoxy) is 2. The highest BCUT2D eigenvalue weighted by Gasteiger charge is 2.23. The number of benzene rings is 1. The van der Waals surface area contributed by atoms with Crippen molar-refractivity contribution in [3.8, 4) is 11.5 Å². The van der Waals surface area contributed by atoms with Gasteiger partial charge in [-0.3, -0.25) is 0 Å². The van der Waals surface area contributed by atoms with E-state index >= 15 is 0 Å². The minimum absolute atomic E-state index is 0.144. The summed E-state index contributed by atoms with van der Waals surface area (Å²) >= 11 is 6.38. The number of carbonyl (C=O) groups is 1. The van der Waals surface area contributed by atoms with Crippen molar-refractivity contribution in [3.63, 3.8) is 0 Å². The largest absolute Gasteiger partial charge is 0.486 e. The summed E-state index contributed by atoms with van der Waals surface area (Å²) in [6, 6.07) is 1.97. The van der Waals surface area contributed by atoms with Gasteiger partial charge in [0.2, 0.25) is 0 Å². The molecule has 1 atom stereocenters. The Kier molecular flexibility index (Phi) is 4.12. The summed E-state index contributed by atoms with van der Waals surface area (Å²) in [5.74, 6) is 1.48. The standard InChI is InChI=1S/C14H17ClO3/c1-3-10-11(9(2)4-5-16)8-12-14(13(10)15)18-7-6-17-12/h5,8-9H,3-4,6-7H2,1-2H3. The van der Waals surface area contributed by atoms with Gasteiger partial charge in [-0.15, -0.1) is 0 Å². The van der Waals surface area contributed by atoms with Gasteiger partial charge < -0.3 is 14.3 Å². The minimum Gasteiger partial charge on any atom is -0.486 e. The van der Waals surface area contributed by atoms with Crippen LogP contribution >= 0.6 is 11.6 Å². The summed E-state index contributed by atoms with van der Waals surface area (Å²) in [6.45, 7) is 5.14. The van der Waals surface area contributed by atoms with Crippen molar-refractivity contribution >= 4 is 17.9 Å². The van der Waals surface area contributed by atoms with Gasteiger partial charge in [0, 0.05) is 6.42 Å². The number of carbonyl (C=O) groups excluding carboxylic acids is 1. The summed E-state index contributed by atoms with van der Waals surface area (Å²) in [5.41, 5.74) is 2.13. The second-order valence-corrected chi connectivity index (χ2v) is 4.82. The second kappa shape index (κ2) is 5.61. The van der Waals surface area contributed by atoms with Crippen LogP contribution in [-0.4, -0.2) is 19.5 Å². The monoisotopic (exact) mass is 268 g/mol. The predicted octanol–water partition coefficient (Wildman–Crippen LogP) is 3.37. The fourth-order valence-corrected chi connectivity index (χ4v) is 2.66. The molecule has 3 nitrogen and oxygen atoms in total. The lowest BCUT2D eigenvalue weighted by atomic mass is 9.91. The zero-order valence-electron chi connectivity index (χ0n) is 10.7. The maximum Gasteiger partial charge on any atom is 0.180 e. The molecule has 2 rings (SSSR count). The number of fused-ring (bicyclic) bond motifs is 1. The van der Waals surface area contributed by atoms with Crippen molar-refractivity contribution in [1.82, 2.24) is 0 Å². The van der Waals surface area contributed by atoms with Gasteiger partial charge in [0.15, 0.2) is 11.5 Å². The number of hydrogen-bond acceptors (Lipinski definition) is 3. The first-order chi connectivity index (χ1) is 8.69. The molecular formula is C14H17ClO3. The third-order valence-electron chi connectivity index (χ3n) is 3.24. The van der Waals surface area contributed by atoms with Crippen molar-refractivity contribution in [2.75, 3.05) is 13.2 Å². The van der Waals surface area contributed by atoms with Crippen LogP contribution in [0.25, 0.3) is 0 Å². The molecule has 1 aliphatic rings. The smallest absolute Gasteiger partial charge is 0.180 e. The lowest BCUT2D eigenvalue weighted by Crippen LogP contribution is -2.17. The first-order valence-electron chi connectivity index (χ1n) is 6.23. The summed E-state index contributed by atoms with van der Waals surface area (Å²) in [5, 5.41) is 0.627. The Bertz CT molecular complexity index is 457. The molecule has 18 heavy (non-hydrogen) atoms. The molecule has 0 bridgehead atoms. The fraction of sp³-hybridized carbons (Fsp3) is 0.500. The Morgan fingerprint density at radius 3 is 2.83 bits per heavy atom. The van der Waals surface area contributed by atoms with Crippen molar-refractivity contribution < 1.29 is 14.3 Å². The van der Waals surface area contributed by atoms with E-state index in [1.807, 2.05) is 13.0 Å². The van der Waals surface area contributed by atoms with Crippen LogP contribution in [0, 0.1) is 0 Å². The van der Waals surface area contributed by atoms with Gasteiger partial charge in [0.05, 0.1) is 5.02 Å². The van der Waals surface area contributed by atoms with E-state index in [-0.39, 0.29) is 5.92 Å². The van der Waals surface area contributed by atoms with E-state index in [9.17, 15) is 4.79 Å². The van der Waals surface area contributed by atoms with E-state index in [2.05, 4.69) is 6.92 Å². The molecule has 0 aromatic heterocycles. The molecule has 0 aliphatic carbocycles. The normalized spacial score (nSPS) is 15.3. The van der Waals surface area contributed by atoms with Gasteiger partial charge >= 0.3 is 0 Å². The fourth-order valence-electron chi connectivity index (χ4n) is 2.27. The molecule has 0 fully saturated rings. The van der Waals surface area contributed by atoms with Crippen LogP contribution in [0.2, 0.25) is 5.02 Å². The Morgan fingerprint density at radius 1 is 1.44 bits per heavy atom. The Balaban J connectivity index is 2.51. The molecule has 1 unspecified atom stereocenters. The van der Waals surface area contributed by atoms with Crippen LogP contribution in [0.4, 0.5) is 0 Å². The topological polar surface area (TPSA) is 35.5 Å². The van der Waals surface area contributed by atoms with E-state index in [0.29, 0.717) is 36.2 Å². The zero-order chi connectivity index (χ0) is 13.1. The van der Waals surface area contributed by atoms with Crippen LogP contribution in [0.1, 0.15) is 37.3 Å². The summed E-state index contributed by atoms with van der Waals surface area (Å²) in [4.78, 5) is 10.7. The molecule has 0 saturated heterocycles. The van der Waals surface area contributed by atoms with Gasteiger partial charge in [-0.25, -0.2) is 0 Å². The average Bonchev–Trinajstić information content (AvgIpc) is 2.39. The highest BCUT2D eigenvalue weighted by atomic mass is 35.5. The molecule has 1 heterocycles. The summed E-state index contributed by atoms with van der Waals surface area (Å²) < 4.78 is 11.1. The Morgan fingerprint density at radius 2 is 2.17 bits per heavy atom. The van der Waals surface area contributed by atoms with Crippen LogP contribution in [0.5, 0.6) is 11.5 Å². The second-order valence-electron chi connectivity index (χ2n) is 4.44. The predicted molar refractivity (Wildman–Crippen MR) is 70.9 cm³/mol. The van der Waals surface area contributed by atoms with E-state index in [1.54, 1.807) is 0 Å². The third kappa shape index (κ3) is 2.32. The summed E-state index contributed by atoms with van der Waals surface area (Å²) in [7, 11) is 0. The molecule has 4 heteroatoms. The first-order valence-corrected chi connectivity index (χ1v) is 6.61. The molecule has 0 spiro atoms. The van der Waals surface area contributed by atoms with Gasteiger partial charge in [-0.1, -0.05) is 25.4 Å². The van der Waals surface area contributed by atoms with Crippen molar-refractivity contribution in [1.29, 1.82) is 0 Å². The third-order valence-corrected chi connectivity index (χ3v) is 3.64. The zero-order valence-corrected chi connectivity index (χ0v) is 11.4. The van der Waals surface area contributed by atoms with E-state index in [4.69, 9.17) is 21.1 Å². The Labute approximate surface area is 112 Å². The maximum absolute atomic E-state index is 10.7. The number of hydrogen-bond donors (Lipinski definition) is 0. The first kappa shape index (κ1) is 13.2. The lowest BCUT2D eigenvalue weighted by Gasteiger charge is -2.24. The number of rotatable bonds is 4. The highest BCUT2D eigenvalue weighted by molar-refractivity contribution is 6.33. The summed E-state index contributed by atoms with van der Waals surface area (Å²) in [6.07, 6.45) is 2.24. The van der Waals surface area contributed by atoms with Gasteiger partial charge in [-0.2, -0.15) is 0 Å². The van der Waals surface area contributed by atoms with E-state index in [0.717, 1.165) is 23.8 Å². The van der Waals surface area contributed by atoms with Crippen molar-refractivity contribution in [2.45, 2.75) is 32.6 Å². The number of halogens is 1. The molecule has 1 aliphatic heterocycles. The van der Waals surface area contributed by atoms with Crippen LogP contribution in [0.15, 0.2) is 6.07 Å². The molecule has 0 N–H and O–H groups in total. The molecule has 0 radical (unpaired) electrons.